The fourth-order valence-corrected chi connectivity index (χ4v) is 2.21. The van der Waals surface area contributed by atoms with Crippen molar-refractivity contribution in [3.63, 3.8) is 0 Å². The van der Waals surface area contributed by atoms with Gasteiger partial charge in [0, 0.05) is 6.07 Å². The molecule has 7 nitrogen and oxygen atoms in total. The largest absolute Gasteiger partial charge is 0.393 e. The zero-order valence-corrected chi connectivity index (χ0v) is 12.5. The van der Waals surface area contributed by atoms with E-state index in [1.165, 1.54) is 12.3 Å². The summed E-state index contributed by atoms with van der Waals surface area (Å²) < 4.78 is 4.59. The first-order valence-corrected chi connectivity index (χ1v) is 7.29. The van der Waals surface area contributed by atoms with Gasteiger partial charge in [0.05, 0.1) is 6.10 Å². The Hall–Kier alpha value is -2.67. The Balaban J connectivity index is 1.88. The Morgan fingerprint density at radius 1 is 1.26 bits per heavy atom. The molecule has 23 heavy (non-hydrogen) atoms. The number of aromatic nitrogens is 1. The second kappa shape index (κ2) is 8.09. The fraction of sp³-hybridized carbons (Fsp3) is 0.312. The Labute approximate surface area is 133 Å². The van der Waals surface area contributed by atoms with E-state index in [-0.39, 0.29) is 12.2 Å². The van der Waals surface area contributed by atoms with Gasteiger partial charge in [0.25, 0.3) is 0 Å². The standard InChI is InChI=1S/C16H19N3O4/c17-15(21)13(16(22)18-14-8-9-23-19-14)10-12(20)7-6-11-4-2-1-3-5-11/h1-5,8-9,12-13,20H,6-7,10H2,(H2,17,21)(H,18,19,22)/t12-,13+/m0/s1. The predicted molar refractivity (Wildman–Crippen MR) is 83.2 cm³/mol. The SMILES string of the molecule is NC(=O)[C@@H](C[C@@H](O)CCc1ccccc1)C(=O)Nc1ccon1. The van der Waals surface area contributed by atoms with Crippen LogP contribution in [0.2, 0.25) is 0 Å². The Kier molecular flexibility index (Phi) is 5.87. The van der Waals surface area contributed by atoms with Gasteiger partial charge in [0.1, 0.15) is 12.2 Å². The molecule has 1 heterocycles. The Morgan fingerprint density at radius 2 is 2.00 bits per heavy atom. The van der Waals surface area contributed by atoms with Gasteiger partial charge in [-0.25, -0.2) is 0 Å². The van der Waals surface area contributed by atoms with Crippen molar-refractivity contribution >= 4 is 17.6 Å². The van der Waals surface area contributed by atoms with Crippen LogP contribution in [0.15, 0.2) is 47.2 Å². The number of aryl methyl sites for hydroxylation is 1. The molecule has 2 aromatic rings. The van der Waals surface area contributed by atoms with Crippen molar-refractivity contribution in [3.05, 3.63) is 48.2 Å². The maximum Gasteiger partial charge on any atom is 0.238 e. The number of hydrogen-bond acceptors (Lipinski definition) is 5. The van der Waals surface area contributed by atoms with Crippen molar-refractivity contribution in [1.29, 1.82) is 0 Å². The molecular weight excluding hydrogens is 298 g/mol. The number of amides is 2. The molecule has 4 N–H and O–H groups in total. The molecule has 0 saturated heterocycles. The van der Waals surface area contributed by atoms with Crippen molar-refractivity contribution in [1.82, 2.24) is 5.16 Å². The van der Waals surface area contributed by atoms with Gasteiger partial charge >= 0.3 is 0 Å². The van der Waals surface area contributed by atoms with Gasteiger partial charge in [-0.05, 0) is 24.8 Å². The average molecular weight is 317 g/mol. The van der Waals surface area contributed by atoms with E-state index in [0.29, 0.717) is 12.8 Å². The number of nitrogens with two attached hydrogens (primary N) is 1. The summed E-state index contributed by atoms with van der Waals surface area (Å²) in [7, 11) is 0. The van der Waals surface area contributed by atoms with Gasteiger partial charge in [-0.1, -0.05) is 35.5 Å². The van der Waals surface area contributed by atoms with Gasteiger partial charge in [-0.3, -0.25) is 9.59 Å². The molecule has 0 spiro atoms. The minimum Gasteiger partial charge on any atom is -0.393 e. The summed E-state index contributed by atoms with van der Waals surface area (Å²) in [4.78, 5) is 23.5. The van der Waals surface area contributed by atoms with E-state index < -0.39 is 23.8 Å². The van der Waals surface area contributed by atoms with E-state index in [4.69, 9.17) is 5.73 Å². The van der Waals surface area contributed by atoms with E-state index in [1.54, 1.807) is 0 Å². The summed E-state index contributed by atoms with van der Waals surface area (Å²) in [6, 6.07) is 11.1. The molecule has 2 atom stereocenters. The average Bonchev–Trinajstić information content (AvgIpc) is 3.04. The first-order chi connectivity index (χ1) is 11.1. The lowest BCUT2D eigenvalue weighted by Crippen LogP contribution is -2.37. The summed E-state index contributed by atoms with van der Waals surface area (Å²) >= 11 is 0. The van der Waals surface area contributed by atoms with Gasteiger partial charge < -0.3 is 20.7 Å². The van der Waals surface area contributed by atoms with Crippen molar-refractivity contribution < 1.29 is 19.2 Å². The molecule has 0 bridgehead atoms. The first-order valence-electron chi connectivity index (χ1n) is 7.29. The molecule has 2 rings (SSSR count). The molecule has 1 aromatic carbocycles. The Bertz CT molecular complexity index is 628. The molecule has 1 aromatic heterocycles. The second-order valence-corrected chi connectivity index (χ2v) is 5.24. The second-order valence-electron chi connectivity index (χ2n) is 5.24. The lowest BCUT2D eigenvalue weighted by Gasteiger charge is -2.16. The van der Waals surface area contributed by atoms with Gasteiger partial charge in [0.15, 0.2) is 5.82 Å². The number of benzene rings is 1. The van der Waals surface area contributed by atoms with E-state index >= 15 is 0 Å². The van der Waals surface area contributed by atoms with Crippen LogP contribution in [-0.2, 0) is 16.0 Å². The zero-order valence-electron chi connectivity index (χ0n) is 12.5. The molecule has 0 aliphatic carbocycles. The van der Waals surface area contributed by atoms with Crippen LogP contribution < -0.4 is 11.1 Å². The number of nitrogens with zero attached hydrogens (tertiary/aromatic N) is 1. The highest BCUT2D eigenvalue weighted by Gasteiger charge is 2.27. The number of aliphatic hydroxyl groups excluding tert-OH is 1. The minimum absolute atomic E-state index is 0.0359. The van der Waals surface area contributed by atoms with Crippen LogP contribution >= 0.6 is 0 Å². The molecule has 7 heteroatoms. The number of hydrogen-bond donors (Lipinski definition) is 3. The van der Waals surface area contributed by atoms with Crippen molar-refractivity contribution in [2.45, 2.75) is 25.4 Å². The molecular formula is C16H19N3O4. The summed E-state index contributed by atoms with van der Waals surface area (Å²) in [5, 5.41) is 16.0. The van der Waals surface area contributed by atoms with E-state index in [9.17, 15) is 14.7 Å². The Morgan fingerprint density at radius 3 is 2.61 bits per heavy atom. The smallest absolute Gasteiger partial charge is 0.238 e. The molecule has 2 amide bonds. The van der Waals surface area contributed by atoms with E-state index in [1.807, 2.05) is 30.3 Å². The predicted octanol–water partition coefficient (Wildman–Crippen LogP) is 1.10. The summed E-state index contributed by atoms with van der Waals surface area (Å²) in [6.07, 6.45) is 1.54. The summed E-state index contributed by atoms with van der Waals surface area (Å²) in [5.74, 6) is -2.33. The van der Waals surface area contributed by atoms with Crippen LogP contribution in [0.4, 0.5) is 5.82 Å². The number of carbonyl (C=O) groups excluding carboxylic acids is 2. The first kappa shape index (κ1) is 16.7. The highest BCUT2D eigenvalue weighted by molar-refractivity contribution is 6.05. The lowest BCUT2D eigenvalue weighted by atomic mass is 9.96. The van der Waals surface area contributed by atoms with E-state index in [0.717, 1.165) is 5.56 Å². The molecule has 0 aliphatic rings. The molecule has 0 fully saturated rings. The zero-order chi connectivity index (χ0) is 16.7. The highest BCUT2D eigenvalue weighted by Crippen LogP contribution is 2.15. The summed E-state index contributed by atoms with van der Waals surface area (Å²) in [6.45, 7) is 0. The lowest BCUT2D eigenvalue weighted by molar-refractivity contribution is -0.131. The van der Waals surface area contributed by atoms with Crippen LogP contribution in [0.3, 0.4) is 0 Å². The van der Waals surface area contributed by atoms with Crippen molar-refractivity contribution in [2.75, 3.05) is 5.32 Å². The number of carbonyl (C=O) groups is 2. The molecule has 0 aliphatic heterocycles. The number of anilines is 1. The fourth-order valence-electron chi connectivity index (χ4n) is 2.21. The minimum atomic E-state index is -1.13. The number of rotatable bonds is 8. The maximum absolute atomic E-state index is 12.1. The van der Waals surface area contributed by atoms with Crippen LogP contribution in [0, 0.1) is 5.92 Å². The quantitative estimate of drug-likeness (QED) is 0.630. The van der Waals surface area contributed by atoms with Crippen LogP contribution in [0.1, 0.15) is 18.4 Å². The van der Waals surface area contributed by atoms with Gasteiger partial charge in [-0.2, -0.15) is 0 Å². The summed E-state index contributed by atoms with van der Waals surface area (Å²) in [5.41, 5.74) is 6.35. The monoisotopic (exact) mass is 317 g/mol. The third-order valence-corrected chi connectivity index (χ3v) is 3.47. The number of nitrogens with one attached hydrogen (secondary N) is 1. The van der Waals surface area contributed by atoms with Crippen molar-refractivity contribution in [2.24, 2.45) is 11.7 Å². The van der Waals surface area contributed by atoms with Crippen molar-refractivity contribution in [3.8, 4) is 0 Å². The van der Waals surface area contributed by atoms with Crippen LogP contribution in [-0.4, -0.2) is 28.2 Å². The molecule has 0 unspecified atom stereocenters. The normalized spacial score (nSPS) is 13.3. The molecule has 122 valence electrons. The topological polar surface area (TPSA) is 118 Å². The van der Waals surface area contributed by atoms with E-state index in [2.05, 4.69) is 15.0 Å². The maximum atomic E-state index is 12.1. The number of aliphatic hydroxyl groups is 1. The van der Waals surface area contributed by atoms with Gasteiger partial charge in [-0.15, -0.1) is 0 Å². The third kappa shape index (κ3) is 5.23. The van der Waals surface area contributed by atoms with Crippen LogP contribution in [0.5, 0.6) is 0 Å². The number of primary amides is 1. The van der Waals surface area contributed by atoms with Crippen LogP contribution in [0.25, 0.3) is 0 Å². The molecule has 0 radical (unpaired) electrons. The van der Waals surface area contributed by atoms with Gasteiger partial charge in [0.2, 0.25) is 11.8 Å². The highest BCUT2D eigenvalue weighted by atomic mass is 16.5. The third-order valence-electron chi connectivity index (χ3n) is 3.47. The molecule has 0 saturated carbocycles.